The molecule has 2 aromatic carbocycles. The number of carboxylic acid groups (broad SMARTS) is 1. The topological polar surface area (TPSA) is 95.9 Å². The minimum Gasteiger partial charge on any atom is -0.481 e. The summed E-state index contributed by atoms with van der Waals surface area (Å²) in [7, 11) is 0. The number of likely N-dealkylation sites (tertiary alicyclic amines) is 1. The van der Waals surface area contributed by atoms with Crippen LogP contribution in [-0.2, 0) is 14.3 Å². The quantitative estimate of drug-likeness (QED) is 0.675. The molecule has 1 aliphatic heterocycles. The van der Waals surface area contributed by atoms with E-state index in [1.54, 1.807) is 0 Å². The number of alkyl halides is 2. The van der Waals surface area contributed by atoms with Gasteiger partial charge >= 0.3 is 18.0 Å². The van der Waals surface area contributed by atoms with E-state index in [9.17, 15) is 23.2 Å². The second-order valence-electron chi connectivity index (χ2n) is 9.12. The Kier molecular flexibility index (Phi) is 5.50. The van der Waals surface area contributed by atoms with Crippen LogP contribution in [0.3, 0.4) is 0 Å². The van der Waals surface area contributed by atoms with Crippen LogP contribution in [0.1, 0.15) is 23.5 Å². The van der Waals surface area contributed by atoms with Crippen molar-refractivity contribution in [1.82, 2.24) is 10.2 Å². The van der Waals surface area contributed by atoms with Crippen molar-refractivity contribution in [3.8, 4) is 11.1 Å². The Morgan fingerprint density at radius 2 is 1.65 bits per heavy atom. The van der Waals surface area contributed by atoms with Gasteiger partial charge in [0, 0.05) is 19.0 Å². The van der Waals surface area contributed by atoms with E-state index >= 15 is 0 Å². The number of hydrogen-bond donors (Lipinski definition) is 2. The summed E-state index contributed by atoms with van der Waals surface area (Å²) in [5.41, 5.74) is 4.10. The highest BCUT2D eigenvalue weighted by Gasteiger charge is 2.58. The summed E-state index contributed by atoms with van der Waals surface area (Å²) in [4.78, 5) is 36.7. The first-order chi connectivity index (χ1) is 16.3. The number of fused-ring (bicyclic) bond motifs is 4. The first-order valence-corrected chi connectivity index (χ1v) is 11.3. The van der Waals surface area contributed by atoms with Gasteiger partial charge in [-0.05, 0) is 40.5 Å². The molecular formula is C25H24F2N2O5. The van der Waals surface area contributed by atoms with Crippen LogP contribution in [0, 0.1) is 17.8 Å². The smallest absolute Gasteiger partial charge is 0.407 e. The molecule has 9 heteroatoms. The Balaban J connectivity index is 1.15. The number of rotatable bonds is 6. The van der Waals surface area contributed by atoms with Gasteiger partial charge in [0.25, 0.3) is 5.91 Å². The minimum atomic E-state index is -3.81. The highest BCUT2D eigenvalue weighted by Crippen LogP contribution is 2.52. The summed E-state index contributed by atoms with van der Waals surface area (Å²) in [6.07, 6.45) is -0.635. The molecule has 0 bridgehead atoms. The van der Waals surface area contributed by atoms with Gasteiger partial charge in [0.2, 0.25) is 0 Å². The van der Waals surface area contributed by atoms with Crippen LogP contribution in [0.25, 0.3) is 11.1 Å². The van der Waals surface area contributed by atoms with Gasteiger partial charge < -0.3 is 20.1 Å². The molecule has 0 spiro atoms. The number of carbonyl (C=O) groups excluding carboxylic acids is 2. The van der Waals surface area contributed by atoms with Gasteiger partial charge in [-0.15, -0.1) is 0 Å². The van der Waals surface area contributed by atoms with Crippen molar-refractivity contribution in [3.05, 3.63) is 59.7 Å². The normalized spacial score (nSPS) is 22.9. The number of nitrogens with zero attached hydrogens (tertiary/aromatic N) is 1. The van der Waals surface area contributed by atoms with E-state index in [-0.39, 0.29) is 37.5 Å². The zero-order valence-electron chi connectivity index (χ0n) is 18.2. The van der Waals surface area contributed by atoms with Gasteiger partial charge in [-0.2, -0.15) is 8.78 Å². The monoisotopic (exact) mass is 470 g/mol. The van der Waals surface area contributed by atoms with Gasteiger partial charge in [0.15, 0.2) is 0 Å². The second kappa shape index (κ2) is 8.38. The number of amides is 2. The fraction of sp³-hybridized carbons (Fsp3) is 0.400. The van der Waals surface area contributed by atoms with Crippen LogP contribution in [0.5, 0.6) is 0 Å². The Labute approximate surface area is 194 Å². The molecule has 1 heterocycles. The number of aliphatic carboxylic acids is 1. The third-order valence-electron chi connectivity index (χ3n) is 7.18. The van der Waals surface area contributed by atoms with E-state index < -0.39 is 36.4 Å². The molecule has 34 heavy (non-hydrogen) atoms. The maximum absolute atomic E-state index is 14.5. The number of benzene rings is 2. The summed E-state index contributed by atoms with van der Waals surface area (Å²) < 4.78 is 34.3. The largest absolute Gasteiger partial charge is 0.481 e. The first kappa shape index (κ1) is 22.3. The van der Waals surface area contributed by atoms with Crippen molar-refractivity contribution in [2.45, 2.75) is 18.3 Å². The number of carboxylic acids is 1. The average Bonchev–Trinajstić information content (AvgIpc) is 3.48. The standard InChI is InChI=1S/C25H24F2N2O5/c26-25(27,23(32)29-10-9-18-19(11-29)21(18)22(30)31)13-28-24(33)34-12-20-16-7-3-1-5-14(16)15-6-2-4-8-17(15)20/h1-8,18-21H,9-13H2,(H,28,33)(H,30,31)/t18-,19+,21?/m1/s1. The number of ether oxygens (including phenoxy) is 1. The molecule has 1 saturated heterocycles. The lowest BCUT2D eigenvalue weighted by molar-refractivity contribution is -0.157. The molecule has 2 fully saturated rings. The molecule has 2 aliphatic carbocycles. The number of carbonyl (C=O) groups is 3. The second-order valence-corrected chi connectivity index (χ2v) is 9.12. The van der Waals surface area contributed by atoms with E-state index in [0.29, 0.717) is 6.42 Å². The Hall–Kier alpha value is -3.49. The van der Waals surface area contributed by atoms with Crippen LogP contribution in [0.4, 0.5) is 13.6 Å². The van der Waals surface area contributed by atoms with E-state index in [0.717, 1.165) is 27.2 Å². The average molecular weight is 470 g/mol. The first-order valence-electron chi connectivity index (χ1n) is 11.3. The SMILES string of the molecule is O=C(NCC(F)(F)C(=O)N1CC[C@H]2C(C(=O)O)[C@H]2C1)OCC1c2ccccc2-c2ccccc21. The van der Waals surface area contributed by atoms with Crippen molar-refractivity contribution in [1.29, 1.82) is 0 Å². The number of halogens is 2. The summed E-state index contributed by atoms with van der Waals surface area (Å²) in [5.74, 6) is -7.26. The summed E-state index contributed by atoms with van der Waals surface area (Å²) in [5, 5.41) is 11.1. The lowest BCUT2D eigenvalue weighted by Crippen LogP contribution is -2.51. The molecule has 7 nitrogen and oxygen atoms in total. The van der Waals surface area contributed by atoms with E-state index in [1.807, 2.05) is 53.8 Å². The van der Waals surface area contributed by atoms with Crippen LogP contribution >= 0.6 is 0 Å². The number of nitrogens with one attached hydrogen (secondary N) is 1. The molecule has 2 N–H and O–H groups in total. The number of alkyl carbamates (subject to hydrolysis) is 1. The van der Waals surface area contributed by atoms with Crippen LogP contribution < -0.4 is 5.32 Å². The lowest BCUT2D eigenvalue weighted by atomic mass is 9.98. The fourth-order valence-corrected chi connectivity index (χ4v) is 5.43. The van der Waals surface area contributed by atoms with Crippen LogP contribution in [-0.4, -0.2) is 60.1 Å². The number of piperidine rings is 1. The van der Waals surface area contributed by atoms with Crippen LogP contribution in [0.15, 0.2) is 48.5 Å². The number of hydrogen-bond acceptors (Lipinski definition) is 4. The summed E-state index contributed by atoms with van der Waals surface area (Å²) in [6, 6.07) is 15.5. The van der Waals surface area contributed by atoms with Gasteiger partial charge in [-0.3, -0.25) is 9.59 Å². The van der Waals surface area contributed by atoms with Gasteiger partial charge in [-0.25, -0.2) is 4.79 Å². The predicted molar refractivity (Wildman–Crippen MR) is 117 cm³/mol. The molecule has 2 aromatic rings. The molecule has 3 aliphatic rings. The molecule has 0 aromatic heterocycles. The van der Waals surface area contributed by atoms with E-state index in [2.05, 4.69) is 0 Å². The molecule has 1 saturated carbocycles. The molecule has 2 amide bonds. The van der Waals surface area contributed by atoms with Gasteiger partial charge in [0.05, 0.1) is 12.5 Å². The third kappa shape index (κ3) is 3.89. The van der Waals surface area contributed by atoms with Crippen LogP contribution in [0.2, 0.25) is 0 Å². The van der Waals surface area contributed by atoms with Gasteiger partial charge in [-0.1, -0.05) is 48.5 Å². The van der Waals surface area contributed by atoms with Crippen molar-refractivity contribution in [3.63, 3.8) is 0 Å². The van der Waals surface area contributed by atoms with Gasteiger partial charge in [0.1, 0.15) is 6.61 Å². The molecule has 3 atom stereocenters. The highest BCUT2D eigenvalue weighted by atomic mass is 19.3. The Morgan fingerprint density at radius 3 is 2.26 bits per heavy atom. The molecule has 5 rings (SSSR count). The fourth-order valence-electron chi connectivity index (χ4n) is 5.43. The molecule has 178 valence electrons. The van der Waals surface area contributed by atoms with E-state index in [4.69, 9.17) is 9.84 Å². The van der Waals surface area contributed by atoms with E-state index in [1.165, 1.54) is 0 Å². The minimum absolute atomic E-state index is 0.000993. The zero-order chi connectivity index (χ0) is 24.0. The maximum Gasteiger partial charge on any atom is 0.407 e. The molecular weight excluding hydrogens is 446 g/mol. The zero-order valence-corrected chi connectivity index (χ0v) is 18.2. The lowest BCUT2D eigenvalue weighted by Gasteiger charge is -2.29. The Morgan fingerprint density at radius 1 is 1.03 bits per heavy atom. The van der Waals surface area contributed by atoms with Crippen molar-refractivity contribution >= 4 is 18.0 Å². The molecule has 0 radical (unpaired) electrons. The predicted octanol–water partition coefficient (Wildman–Crippen LogP) is 3.34. The van der Waals surface area contributed by atoms with Crippen molar-refractivity contribution in [2.24, 2.45) is 17.8 Å². The summed E-state index contributed by atoms with van der Waals surface area (Å²) >= 11 is 0. The van der Waals surface area contributed by atoms with Crippen molar-refractivity contribution < 1.29 is 33.0 Å². The third-order valence-corrected chi connectivity index (χ3v) is 7.18. The maximum atomic E-state index is 14.5. The highest BCUT2D eigenvalue weighted by molar-refractivity contribution is 5.85. The summed E-state index contributed by atoms with van der Waals surface area (Å²) in [6.45, 7) is -1.12. The Bertz CT molecular complexity index is 1110. The van der Waals surface area contributed by atoms with Crippen molar-refractivity contribution in [2.75, 3.05) is 26.2 Å². The molecule has 1 unspecified atom stereocenters.